The lowest BCUT2D eigenvalue weighted by Crippen LogP contribution is -2.11. The summed E-state index contributed by atoms with van der Waals surface area (Å²) in [4.78, 5) is 27.3. The number of nitrogens with one attached hydrogen (secondary N) is 1. The molecule has 0 saturated heterocycles. The molecule has 0 aromatic carbocycles. The van der Waals surface area contributed by atoms with E-state index in [-0.39, 0.29) is 0 Å². The van der Waals surface area contributed by atoms with Crippen LogP contribution in [-0.4, -0.2) is 25.8 Å². The minimum Gasteiger partial charge on any atom is -0.366 e. The molecule has 4 heterocycles. The van der Waals surface area contributed by atoms with Crippen molar-refractivity contribution in [3.05, 3.63) is 54.1 Å². The third-order valence-corrected chi connectivity index (χ3v) is 4.36. The lowest BCUT2D eigenvalue weighted by Gasteiger charge is -2.03. The molecule has 0 spiro atoms. The first kappa shape index (κ1) is 13.6. The molecular formula is C16H11N5OS. The highest BCUT2D eigenvalue weighted by atomic mass is 32.1. The molecule has 0 aliphatic rings. The normalized spacial score (nSPS) is 11.0. The Morgan fingerprint density at radius 2 is 2.00 bits per heavy atom. The highest BCUT2D eigenvalue weighted by Crippen LogP contribution is 2.31. The van der Waals surface area contributed by atoms with Gasteiger partial charge in [-0.25, -0.2) is 9.97 Å². The molecule has 4 aromatic rings. The number of nitrogens with zero attached hydrogens (tertiary/aromatic N) is 3. The Hall–Kier alpha value is -3.06. The predicted molar refractivity (Wildman–Crippen MR) is 89.0 cm³/mol. The molecule has 4 aromatic heterocycles. The fraction of sp³-hybridized carbons (Fsp3) is 0. The molecule has 0 aliphatic carbocycles. The number of nitrogens with two attached hydrogens (primary N) is 1. The smallest absolute Gasteiger partial charge is 0.250 e. The van der Waals surface area contributed by atoms with Crippen molar-refractivity contribution in [1.29, 1.82) is 0 Å². The van der Waals surface area contributed by atoms with E-state index in [1.165, 1.54) is 6.20 Å². The summed E-state index contributed by atoms with van der Waals surface area (Å²) in [7, 11) is 0. The zero-order valence-corrected chi connectivity index (χ0v) is 12.7. The van der Waals surface area contributed by atoms with Crippen LogP contribution in [0.5, 0.6) is 0 Å². The summed E-state index contributed by atoms with van der Waals surface area (Å²) in [6, 6.07) is 3.73. The van der Waals surface area contributed by atoms with Gasteiger partial charge in [0.2, 0.25) is 5.91 Å². The molecule has 3 N–H and O–H groups in total. The Morgan fingerprint density at radius 1 is 1.13 bits per heavy atom. The number of primary amides is 1. The molecule has 7 heteroatoms. The zero-order valence-electron chi connectivity index (χ0n) is 11.9. The summed E-state index contributed by atoms with van der Waals surface area (Å²) in [5.74, 6) is -0.501. The number of H-pyrrole nitrogens is 1. The van der Waals surface area contributed by atoms with E-state index in [1.807, 2.05) is 17.6 Å². The van der Waals surface area contributed by atoms with Crippen molar-refractivity contribution in [3.63, 3.8) is 0 Å². The number of aromatic nitrogens is 4. The van der Waals surface area contributed by atoms with Gasteiger partial charge in [-0.15, -0.1) is 11.3 Å². The zero-order chi connectivity index (χ0) is 15.8. The van der Waals surface area contributed by atoms with E-state index in [0.717, 1.165) is 32.7 Å². The third kappa shape index (κ3) is 2.36. The molecule has 23 heavy (non-hydrogen) atoms. The maximum Gasteiger partial charge on any atom is 0.250 e. The van der Waals surface area contributed by atoms with Gasteiger partial charge in [-0.05, 0) is 12.1 Å². The summed E-state index contributed by atoms with van der Waals surface area (Å²) >= 11 is 1.57. The van der Waals surface area contributed by atoms with Crippen LogP contribution in [0.15, 0.2) is 48.5 Å². The highest BCUT2D eigenvalue weighted by Gasteiger charge is 2.11. The minimum absolute atomic E-state index is 0.372. The fourth-order valence-corrected chi connectivity index (χ4v) is 3.10. The maximum atomic E-state index is 11.3. The number of aromatic amines is 1. The van der Waals surface area contributed by atoms with Crippen molar-refractivity contribution in [1.82, 2.24) is 19.9 Å². The third-order valence-electron chi connectivity index (χ3n) is 3.55. The Balaban J connectivity index is 1.87. The number of hydrogen-bond donors (Lipinski definition) is 2. The molecule has 0 unspecified atom stereocenters. The topological polar surface area (TPSA) is 97.5 Å². The standard InChI is InChI=1S/C16H11N5OS/c17-14(22)11-3-9(5-18-6-11)10-4-12-13(16-19-1-2-23-16)8-21-15(12)20-7-10/h1-8H,(H2,17,22)(H,20,21). The number of fused-ring (bicyclic) bond motifs is 1. The molecule has 0 aliphatic heterocycles. The first-order valence-electron chi connectivity index (χ1n) is 6.84. The molecular weight excluding hydrogens is 310 g/mol. The summed E-state index contributed by atoms with van der Waals surface area (Å²) < 4.78 is 0. The highest BCUT2D eigenvalue weighted by molar-refractivity contribution is 7.13. The minimum atomic E-state index is -0.501. The monoisotopic (exact) mass is 321 g/mol. The molecule has 0 radical (unpaired) electrons. The van der Waals surface area contributed by atoms with Crippen LogP contribution in [0.4, 0.5) is 0 Å². The van der Waals surface area contributed by atoms with Gasteiger partial charge in [-0.2, -0.15) is 0 Å². The maximum absolute atomic E-state index is 11.3. The fourth-order valence-electron chi connectivity index (χ4n) is 2.43. The number of carbonyl (C=O) groups excluding carboxylic acids is 1. The van der Waals surface area contributed by atoms with E-state index in [2.05, 4.69) is 19.9 Å². The Morgan fingerprint density at radius 3 is 2.78 bits per heavy atom. The summed E-state index contributed by atoms with van der Waals surface area (Å²) in [6.07, 6.45) is 8.56. The molecule has 0 fully saturated rings. The number of carbonyl (C=O) groups is 1. The van der Waals surface area contributed by atoms with Crippen molar-refractivity contribution < 1.29 is 4.79 Å². The molecule has 0 saturated carbocycles. The summed E-state index contributed by atoms with van der Waals surface area (Å²) in [5.41, 5.74) is 9.14. The largest absolute Gasteiger partial charge is 0.366 e. The average molecular weight is 321 g/mol. The molecule has 0 bridgehead atoms. The summed E-state index contributed by atoms with van der Waals surface area (Å²) in [6.45, 7) is 0. The first-order valence-corrected chi connectivity index (χ1v) is 7.72. The SMILES string of the molecule is NC(=O)c1cncc(-c2cnc3[nH]cc(-c4nccs4)c3c2)c1. The van der Waals surface area contributed by atoms with E-state index in [1.54, 1.807) is 36.0 Å². The van der Waals surface area contributed by atoms with E-state index in [9.17, 15) is 4.79 Å². The van der Waals surface area contributed by atoms with Crippen LogP contribution in [0.3, 0.4) is 0 Å². The second-order valence-corrected chi connectivity index (χ2v) is 5.88. The van der Waals surface area contributed by atoms with Gasteiger partial charge in [0.1, 0.15) is 10.7 Å². The van der Waals surface area contributed by atoms with E-state index < -0.39 is 5.91 Å². The number of hydrogen-bond acceptors (Lipinski definition) is 5. The molecule has 0 atom stereocenters. The quantitative estimate of drug-likeness (QED) is 0.606. The van der Waals surface area contributed by atoms with Crippen LogP contribution in [0.25, 0.3) is 32.7 Å². The van der Waals surface area contributed by atoms with Crippen molar-refractivity contribution in [3.8, 4) is 21.7 Å². The Bertz CT molecular complexity index is 1010. The number of thiazole rings is 1. The van der Waals surface area contributed by atoms with Crippen LogP contribution in [0, 0.1) is 0 Å². The Labute approximate surface area is 135 Å². The average Bonchev–Trinajstić information content (AvgIpc) is 3.23. The Kier molecular flexibility index (Phi) is 3.13. The lowest BCUT2D eigenvalue weighted by molar-refractivity contribution is 0.1000. The van der Waals surface area contributed by atoms with E-state index in [0.29, 0.717) is 5.56 Å². The number of amides is 1. The number of pyridine rings is 2. The van der Waals surface area contributed by atoms with E-state index in [4.69, 9.17) is 5.73 Å². The summed E-state index contributed by atoms with van der Waals surface area (Å²) in [5, 5.41) is 3.84. The predicted octanol–water partition coefficient (Wildman–Crippen LogP) is 2.85. The van der Waals surface area contributed by atoms with Crippen molar-refractivity contribution in [2.24, 2.45) is 5.73 Å². The molecule has 112 valence electrons. The van der Waals surface area contributed by atoms with E-state index >= 15 is 0 Å². The molecule has 4 rings (SSSR count). The number of rotatable bonds is 3. The molecule has 6 nitrogen and oxygen atoms in total. The van der Waals surface area contributed by atoms with Crippen molar-refractivity contribution >= 4 is 28.3 Å². The lowest BCUT2D eigenvalue weighted by atomic mass is 10.1. The second kappa shape index (κ2) is 5.29. The second-order valence-electron chi connectivity index (χ2n) is 4.99. The first-order chi connectivity index (χ1) is 11.2. The van der Waals surface area contributed by atoms with Gasteiger partial charge in [-0.1, -0.05) is 0 Å². The molecule has 1 amide bonds. The van der Waals surface area contributed by atoms with Crippen LogP contribution < -0.4 is 5.73 Å². The van der Waals surface area contributed by atoms with Crippen molar-refractivity contribution in [2.45, 2.75) is 0 Å². The van der Waals surface area contributed by atoms with Crippen LogP contribution >= 0.6 is 11.3 Å². The van der Waals surface area contributed by atoms with Gasteiger partial charge in [-0.3, -0.25) is 9.78 Å². The van der Waals surface area contributed by atoms with Gasteiger partial charge in [0.05, 0.1) is 5.56 Å². The van der Waals surface area contributed by atoms with Crippen LogP contribution in [0.2, 0.25) is 0 Å². The van der Waals surface area contributed by atoms with Crippen molar-refractivity contribution in [2.75, 3.05) is 0 Å². The van der Waals surface area contributed by atoms with Crippen LogP contribution in [0.1, 0.15) is 10.4 Å². The van der Waals surface area contributed by atoms with Gasteiger partial charge < -0.3 is 10.7 Å². The van der Waals surface area contributed by atoms with Crippen LogP contribution in [-0.2, 0) is 0 Å². The van der Waals surface area contributed by atoms with Gasteiger partial charge >= 0.3 is 0 Å². The van der Waals surface area contributed by atoms with Gasteiger partial charge in [0.25, 0.3) is 0 Å². The van der Waals surface area contributed by atoms with Gasteiger partial charge in [0.15, 0.2) is 0 Å². The van der Waals surface area contributed by atoms with Gasteiger partial charge in [0, 0.05) is 58.4 Å².